The zero-order valence-corrected chi connectivity index (χ0v) is 8.79. The summed E-state index contributed by atoms with van der Waals surface area (Å²) in [6.07, 6.45) is 0.703. The standard InChI is InChI=1S/C12H15NO2/c1-9(14)10-3-2-4-11(7-10)12(15)5-6-13-8-12/h2-4,7,13,15H,5-6,8H2,1H3. The molecule has 1 aromatic carbocycles. The third kappa shape index (κ3) is 1.94. The highest BCUT2D eigenvalue weighted by atomic mass is 16.3. The van der Waals surface area contributed by atoms with Gasteiger partial charge in [-0.05, 0) is 31.5 Å². The van der Waals surface area contributed by atoms with Crippen molar-refractivity contribution < 1.29 is 9.90 Å². The van der Waals surface area contributed by atoms with Gasteiger partial charge in [0.15, 0.2) is 5.78 Å². The maximum atomic E-state index is 11.2. The number of nitrogens with one attached hydrogen (secondary N) is 1. The summed E-state index contributed by atoms with van der Waals surface area (Å²) in [5, 5.41) is 13.4. The second-order valence-corrected chi connectivity index (χ2v) is 4.10. The Balaban J connectivity index is 2.36. The van der Waals surface area contributed by atoms with Crippen LogP contribution in [-0.2, 0) is 5.60 Å². The van der Waals surface area contributed by atoms with E-state index < -0.39 is 5.60 Å². The predicted octanol–water partition coefficient (Wildman–Crippen LogP) is 1.07. The SMILES string of the molecule is CC(=O)c1cccc(C2(O)CCNC2)c1. The number of carbonyl (C=O) groups is 1. The van der Waals surface area contributed by atoms with Gasteiger partial charge in [0.1, 0.15) is 5.60 Å². The van der Waals surface area contributed by atoms with Gasteiger partial charge in [0, 0.05) is 12.1 Å². The third-order valence-corrected chi connectivity index (χ3v) is 2.94. The highest BCUT2D eigenvalue weighted by molar-refractivity contribution is 5.94. The largest absolute Gasteiger partial charge is 0.384 e. The molecule has 0 amide bonds. The number of hydrogen-bond acceptors (Lipinski definition) is 3. The smallest absolute Gasteiger partial charge is 0.159 e. The van der Waals surface area contributed by atoms with Crippen LogP contribution in [0.15, 0.2) is 24.3 Å². The van der Waals surface area contributed by atoms with E-state index in [0.29, 0.717) is 18.5 Å². The molecule has 80 valence electrons. The number of carbonyl (C=O) groups excluding carboxylic acids is 1. The molecule has 1 unspecified atom stereocenters. The van der Waals surface area contributed by atoms with Crippen LogP contribution in [0, 0.1) is 0 Å². The zero-order valence-electron chi connectivity index (χ0n) is 8.79. The van der Waals surface area contributed by atoms with Crippen LogP contribution in [0.1, 0.15) is 29.3 Å². The molecule has 2 rings (SSSR count). The van der Waals surface area contributed by atoms with Crippen molar-refractivity contribution >= 4 is 5.78 Å². The van der Waals surface area contributed by atoms with Crippen molar-refractivity contribution in [3.05, 3.63) is 35.4 Å². The first-order chi connectivity index (χ1) is 7.12. The number of Topliss-reactive ketones (excluding diaryl/α,β-unsaturated/α-hetero) is 1. The fourth-order valence-electron chi connectivity index (χ4n) is 1.95. The molecule has 3 heteroatoms. The Morgan fingerprint density at radius 1 is 1.53 bits per heavy atom. The van der Waals surface area contributed by atoms with Crippen LogP contribution in [0.2, 0.25) is 0 Å². The third-order valence-electron chi connectivity index (χ3n) is 2.94. The lowest BCUT2D eigenvalue weighted by Crippen LogP contribution is -2.28. The Labute approximate surface area is 89.1 Å². The monoisotopic (exact) mass is 205 g/mol. The van der Waals surface area contributed by atoms with Crippen LogP contribution < -0.4 is 5.32 Å². The molecule has 0 aromatic heterocycles. The fourth-order valence-corrected chi connectivity index (χ4v) is 1.95. The van der Waals surface area contributed by atoms with Crippen LogP contribution >= 0.6 is 0 Å². The van der Waals surface area contributed by atoms with Crippen molar-refractivity contribution in [1.29, 1.82) is 0 Å². The van der Waals surface area contributed by atoms with Crippen LogP contribution in [0.3, 0.4) is 0 Å². The second-order valence-electron chi connectivity index (χ2n) is 4.10. The van der Waals surface area contributed by atoms with Gasteiger partial charge in [0.25, 0.3) is 0 Å². The molecular formula is C12H15NO2. The molecule has 1 atom stereocenters. The molecule has 1 aliphatic heterocycles. The van der Waals surface area contributed by atoms with Crippen molar-refractivity contribution in [3.63, 3.8) is 0 Å². The Bertz CT molecular complexity index is 381. The number of rotatable bonds is 2. The number of β-amino-alcohol motifs (C(OH)–C–C–N with tert-alkyl or cyclic N) is 1. The summed E-state index contributed by atoms with van der Waals surface area (Å²) in [6, 6.07) is 7.26. The summed E-state index contributed by atoms with van der Waals surface area (Å²) in [6.45, 7) is 2.92. The minimum absolute atomic E-state index is 0.0337. The van der Waals surface area contributed by atoms with Gasteiger partial charge >= 0.3 is 0 Å². The number of benzene rings is 1. The maximum absolute atomic E-state index is 11.2. The molecule has 0 bridgehead atoms. The highest BCUT2D eigenvalue weighted by Crippen LogP contribution is 2.28. The summed E-state index contributed by atoms with van der Waals surface area (Å²) >= 11 is 0. The van der Waals surface area contributed by atoms with Gasteiger partial charge in [-0.1, -0.05) is 18.2 Å². The normalized spacial score (nSPS) is 25.5. The maximum Gasteiger partial charge on any atom is 0.159 e. The molecule has 1 heterocycles. The first kappa shape index (κ1) is 10.3. The van der Waals surface area contributed by atoms with Crippen molar-refractivity contribution in [3.8, 4) is 0 Å². The summed E-state index contributed by atoms with van der Waals surface area (Å²) in [4.78, 5) is 11.2. The topological polar surface area (TPSA) is 49.3 Å². The van der Waals surface area contributed by atoms with Gasteiger partial charge in [-0.3, -0.25) is 4.79 Å². The Morgan fingerprint density at radius 3 is 2.93 bits per heavy atom. The predicted molar refractivity (Wildman–Crippen MR) is 57.8 cm³/mol. The molecule has 2 N–H and O–H groups in total. The van der Waals surface area contributed by atoms with Crippen molar-refractivity contribution in [2.75, 3.05) is 13.1 Å². The second kappa shape index (κ2) is 3.76. The van der Waals surface area contributed by atoms with Crippen molar-refractivity contribution in [2.24, 2.45) is 0 Å². The molecule has 1 saturated heterocycles. The average Bonchev–Trinajstić information content (AvgIpc) is 2.67. The van der Waals surface area contributed by atoms with Gasteiger partial charge in [-0.2, -0.15) is 0 Å². The van der Waals surface area contributed by atoms with E-state index in [-0.39, 0.29) is 5.78 Å². The Hall–Kier alpha value is -1.19. The van der Waals surface area contributed by atoms with E-state index >= 15 is 0 Å². The van der Waals surface area contributed by atoms with Gasteiger partial charge < -0.3 is 10.4 Å². The summed E-state index contributed by atoms with van der Waals surface area (Å²) in [7, 11) is 0. The van der Waals surface area contributed by atoms with Gasteiger partial charge in [-0.15, -0.1) is 0 Å². The molecule has 1 aliphatic rings. The molecule has 1 aromatic rings. The molecule has 3 nitrogen and oxygen atoms in total. The number of ketones is 1. The summed E-state index contributed by atoms with van der Waals surface area (Å²) in [5.41, 5.74) is 0.693. The minimum Gasteiger partial charge on any atom is -0.384 e. The van der Waals surface area contributed by atoms with E-state index in [4.69, 9.17) is 0 Å². The van der Waals surface area contributed by atoms with Crippen LogP contribution in [0.5, 0.6) is 0 Å². The lowest BCUT2D eigenvalue weighted by Gasteiger charge is -2.22. The van der Waals surface area contributed by atoms with Crippen molar-refractivity contribution in [1.82, 2.24) is 5.32 Å². The highest BCUT2D eigenvalue weighted by Gasteiger charge is 2.32. The average molecular weight is 205 g/mol. The molecule has 0 spiro atoms. The minimum atomic E-state index is -0.800. The van der Waals surface area contributed by atoms with E-state index in [0.717, 1.165) is 12.1 Å². The Kier molecular flexibility index (Phi) is 2.59. The quantitative estimate of drug-likeness (QED) is 0.710. The van der Waals surface area contributed by atoms with E-state index in [2.05, 4.69) is 5.32 Å². The van der Waals surface area contributed by atoms with Crippen LogP contribution in [0.25, 0.3) is 0 Å². The lowest BCUT2D eigenvalue weighted by atomic mass is 9.91. The summed E-state index contributed by atoms with van der Waals surface area (Å²) in [5.74, 6) is 0.0337. The van der Waals surface area contributed by atoms with Gasteiger partial charge in [0.2, 0.25) is 0 Å². The van der Waals surface area contributed by atoms with Gasteiger partial charge in [-0.25, -0.2) is 0 Å². The number of aliphatic hydroxyl groups is 1. The first-order valence-electron chi connectivity index (χ1n) is 5.16. The molecule has 0 saturated carbocycles. The fraction of sp³-hybridized carbons (Fsp3) is 0.417. The van der Waals surface area contributed by atoms with E-state index in [1.54, 1.807) is 12.1 Å². The van der Waals surface area contributed by atoms with E-state index in [9.17, 15) is 9.90 Å². The Morgan fingerprint density at radius 2 is 2.33 bits per heavy atom. The van der Waals surface area contributed by atoms with Crippen LogP contribution in [0.4, 0.5) is 0 Å². The molecule has 15 heavy (non-hydrogen) atoms. The van der Waals surface area contributed by atoms with Crippen molar-refractivity contribution in [2.45, 2.75) is 18.9 Å². The van der Waals surface area contributed by atoms with Gasteiger partial charge in [0.05, 0.1) is 0 Å². The molecule has 0 radical (unpaired) electrons. The zero-order chi connectivity index (χ0) is 10.9. The molecular weight excluding hydrogens is 190 g/mol. The first-order valence-corrected chi connectivity index (χ1v) is 5.16. The van der Waals surface area contributed by atoms with E-state index in [1.165, 1.54) is 6.92 Å². The molecule has 1 fully saturated rings. The summed E-state index contributed by atoms with van der Waals surface area (Å²) < 4.78 is 0. The lowest BCUT2D eigenvalue weighted by molar-refractivity contribution is 0.0587. The van der Waals surface area contributed by atoms with E-state index in [1.807, 2.05) is 12.1 Å². The molecule has 0 aliphatic carbocycles. The number of hydrogen-bond donors (Lipinski definition) is 2. The van der Waals surface area contributed by atoms with Crippen LogP contribution in [-0.4, -0.2) is 24.0 Å².